The summed E-state index contributed by atoms with van der Waals surface area (Å²) in [4.78, 5) is 9.51. The number of hydrogen-bond acceptors (Lipinski definition) is 6. The Morgan fingerprint density at radius 2 is 1.91 bits per heavy atom. The molecule has 0 unspecified atom stereocenters. The Morgan fingerprint density at radius 1 is 1.23 bits per heavy atom. The van der Waals surface area contributed by atoms with Gasteiger partial charge in [-0.25, -0.2) is 13.4 Å². The first kappa shape index (κ1) is 16.4. The van der Waals surface area contributed by atoms with Gasteiger partial charge in [0.25, 0.3) is 0 Å². The molecule has 5 nitrogen and oxygen atoms in total. The molecule has 0 aliphatic carbocycles. The van der Waals surface area contributed by atoms with E-state index in [-0.39, 0.29) is 0 Å². The van der Waals surface area contributed by atoms with Crippen molar-refractivity contribution >= 4 is 21.2 Å². The number of piperidine rings is 1. The lowest BCUT2D eigenvalue weighted by molar-refractivity contribution is 0.110. The van der Waals surface area contributed by atoms with Crippen LogP contribution in [0.25, 0.3) is 0 Å². The second kappa shape index (κ2) is 6.95. The number of hydrogen-bond donors (Lipinski definition) is 0. The lowest BCUT2D eigenvalue weighted by Crippen LogP contribution is -2.50. The van der Waals surface area contributed by atoms with E-state index in [0.29, 0.717) is 17.5 Å². The minimum absolute atomic E-state index is 0.339. The SMILES string of the molecule is CCc1nc(CN2CCC(N3CCS(=O)(=O)CC3)CC2)cs1. The Labute approximate surface area is 137 Å². The number of aromatic nitrogens is 1. The van der Waals surface area contributed by atoms with Crippen LogP contribution in [0.4, 0.5) is 0 Å². The largest absolute Gasteiger partial charge is 0.298 e. The summed E-state index contributed by atoms with van der Waals surface area (Å²) in [6, 6.07) is 0.563. The molecule has 0 atom stereocenters. The molecule has 0 radical (unpaired) electrons. The minimum atomic E-state index is -2.77. The molecule has 3 heterocycles. The summed E-state index contributed by atoms with van der Waals surface area (Å²) in [5, 5.41) is 3.40. The molecule has 0 amide bonds. The predicted molar refractivity (Wildman–Crippen MR) is 90.0 cm³/mol. The van der Waals surface area contributed by atoms with E-state index in [2.05, 4.69) is 27.1 Å². The highest BCUT2D eigenvalue weighted by atomic mass is 32.2. The molecule has 0 bridgehead atoms. The van der Waals surface area contributed by atoms with Crippen LogP contribution < -0.4 is 0 Å². The van der Waals surface area contributed by atoms with Gasteiger partial charge in [-0.1, -0.05) is 6.92 Å². The summed E-state index contributed by atoms with van der Waals surface area (Å²) >= 11 is 1.76. The third-order valence-electron chi connectivity index (χ3n) is 4.74. The standard InChI is InChI=1S/C15H25N3O2S2/c1-2-15-16-13(12-21-15)11-17-5-3-14(4-6-17)18-7-9-22(19,20)10-8-18/h12,14H,2-11H2,1H3. The fraction of sp³-hybridized carbons (Fsp3) is 0.800. The molecule has 7 heteroatoms. The quantitative estimate of drug-likeness (QED) is 0.827. The van der Waals surface area contributed by atoms with Crippen molar-refractivity contribution in [1.82, 2.24) is 14.8 Å². The highest BCUT2D eigenvalue weighted by Gasteiger charge is 2.29. The molecule has 2 fully saturated rings. The van der Waals surface area contributed by atoms with Crippen LogP contribution in [0.15, 0.2) is 5.38 Å². The number of nitrogens with zero attached hydrogens (tertiary/aromatic N) is 3. The van der Waals surface area contributed by atoms with Crippen LogP contribution in [0.1, 0.15) is 30.5 Å². The van der Waals surface area contributed by atoms with Crippen LogP contribution in [0.3, 0.4) is 0 Å². The van der Waals surface area contributed by atoms with E-state index in [1.807, 2.05) is 0 Å². The number of aryl methyl sites for hydroxylation is 1. The van der Waals surface area contributed by atoms with Crippen LogP contribution in [0, 0.1) is 0 Å². The fourth-order valence-electron chi connectivity index (χ4n) is 3.35. The molecule has 1 aromatic rings. The summed E-state index contributed by atoms with van der Waals surface area (Å²) in [5.41, 5.74) is 1.20. The van der Waals surface area contributed by atoms with E-state index >= 15 is 0 Å². The van der Waals surface area contributed by atoms with Gasteiger partial charge in [0.1, 0.15) is 0 Å². The molecule has 0 spiro atoms. The van der Waals surface area contributed by atoms with Gasteiger partial charge >= 0.3 is 0 Å². The average molecular weight is 344 g/mol. The Kier molecular flexibility index (Phi) is 5.17. The summed E-state index contributed by atoms with van der Waals surface area (Å²) in [5.74, 6) is 0.678. The van der Waals surface area contributed by atoms with E-state index in [4.69, 9.17) is 0 Å². The first-order valence-corrected chi connectivity index (χ1v) is 10.9. The number of thiazole rings is 1. The zero-order valence-corrected chi connectivity index (χ0v) is 14.8. The maximum absolute atomic E-state index is 11.5. The molecule has 3 rings (SSSR count). The molecule has 0 N–H and O–H groups in total. The number of likely N-dealkylation sites (tertiary alicyclic amines) is 1. The normalized spacial score (nSPS) is 24.6. The van der Waals surface area contributed by atoms with Crippen molar-refractivity contribution in [3.63, 3.8) is 0 Å². The van der Waals surface area contributed by atoms with Gasteiger partial charge in [-0.15, -0.1) is 11.3 Å². The molecule has 2 aliphatic rings. The smallest absolute Gasteiger partial charge is 0.152 e. The maximum atomic E-state index is 11.5. The van der Waals surface area contributed by atoms with Gasteiger partial charge in [-0.3, -0.25) is 9.80 Å². The van der Waals surface area contributed by atoms with Crippen molar-refractivity contribution in [1.29, 1.82) is 0 Å². The van der Waals surface area contributed by atoms with E-state index in [1.54, 1.807) is 11.3 Å². The molecule has 22 heavy (non-hydrogen) atoms. The van der Waals surface area contributed by atoms with Gasteiger partial charge in [-0.2, -0.15) is 0 Å². The fourth-order valence-corrected chi connectivity index (χ4v) is 5.31. The molecule has 2 saturated heterocycles. The van der Waals surface area contributed by atoms with Crippen LogP contribution in [0.5, 0.6) is 0 Å². The van der Waals surface area contributed by atoms with Crippen LogP contribution in [0.2, 0.25) is 0 Å². The predicted octanol–water partition coefficient (Wildman–Crippen LogP) is 1.40. The molecular weight excluding hydrogens is 318 g/mol. The van der Waals surface area contributed by atoms with Gasteiger partial charge in [0, 0.05) is 44.1 Å². The molecule has 0 aromatic carbocycles. The molecule has 124 valence electrons. The maximum Gasteiger partial charge on any atom is 0.152 e. The van der Waals surface area contributed by atoms with E-state index in [0.717, 1.165) is 52.0 Å². The highest BCUT2D eigenvalue weighted by molar-refractivity contribution is 7.91. The van der Waals surface area contributed by atoms with E-state index in [9.17, 15) is 8.42 Å². The van der Waals surface area contributed by atoms with Crippen LogP contribution in [-0.2, 0) is 22.8 Å². The van der Waals surface area contributed by atoms with Gasteiger partial charge in [-0.05, 0) is 19.3 Å². The summed E-state index contributed by atoms with van der Waals surface area (Å²) < 4.78 is 23.0. The van der Waals surface area contributed by atoms with Crippen LogP contribution in [-0.4, -0.2) is 66.9 Å². The minimum Gasteiger partial charge on any atom is -0.298 e. The van der Waals surface area contributed by atoms with Crippen molar-refractivity contribution < 1.29 is 8.42 Å². The number of sulfone groups is 1. The average Bonchev–Trinajstić information content (AvgIpc) is 2.96. The lowest BCUT2D eigenvalue weighted by atomic mass is 10.0. The lowest BCUT2D eigenvalue weighted by Gasteiger charge is -2.39. The van der Waals surface area contributed by atoms with Crippen LogP contribution >= 0.6 is 11.3 Å². The van der Waals surface area contributed by atoms with Crippen molar-refractivity contribution in [3.05, 3.63) is 16.1 Å². The van der Waals surface area contributed by atoms with Crippen molar-refractivity contribution in [2.75, 3.05) is 37.7 Å². The third kappa shape index (κ3) is 4.07. The first-order valence-electron chi connectivity index (χ1n) is 8.16. The molecule has 2 aliphatic heterocycles. The molecular formula is C15H25N3O2S2. The molecule has 1 aromatic heterocycles. The molecule has 0 saturated carbocycles. The zero-order chi connectivity index (χ0) is 15.6. The van der Waals surface area contributed by atoms with Gasteiger partial charge < -0.3 is 0 Å². The van der Waals surface area contributed by atoms with Gasteiger partial charge in [0.05, 0.1) is 22.2 Å². The van der Waals surface area contributed by atoms with E-state index in [1.165, 1.54) is 10.7 Å². The van der Waals surface area contributed by atoms with Crippen molar-refractivity contribution in [3.8, 4) is 0 Å². The second-order valence-electron chi connectivity index (χ2n) is 6.28. The summed E-state index contributed by atoms with van der Waals surface area (Å²) in [6.07, 6.45) is 3.31. The summed E-state index contributed by atoms with van der Waals surface area (Å²) in [6.45, 7) is 6.72. The Hall–Kier alpha value is -0.500. The highest BCUT2D eigenvalue weighted by Crippen LogP contribution is 2.21. The first-order chi connectivity index (χ1) is 10.6. The Bertz CT molecular complexity index is 578. The van der Waals surface area contributed by atoms with E-state index < -0.39 is 9.84 Å². The number of rotatable bonds is 4. The van der Waals surface area contributed by atoms with Crippen molar-refractivity contribution in [2.24, 2.45) is 0 Å². The van der Waals surface area contributed by atoms with Gasteiger partial charge in [0.2, 0.25) is 0 Å². The Balaban J connectivity index is 1.46. The second-order valence-corrected chi connectivity index (χ2v) is 9.53. The van der Waals surface area contributed by atoms with Crippen molar-refractivity contribution in [2.45, 2.75) is 38.8 Å². The topological polar surface area (TPSA) is 53.5 Å². The van der Waals surface area contributed by atoms with Gasteiger partial charge in [0.15, 0.2) is 9.84 Å². The summed E-state index contributed by atoms with van der Waals surface area (Å²) in [7, 11) is -2.77. The zero-order valence-electron chi connectivity index (χ0n) is 13.2. The monoisotopic (exact) mass is 343 g/mol. The third-order valence-corrected chi connectivity index (χ3v) is 7.39. The Morgan fingerprint density at radius 3 is 2.50 bits per heavy atom.